The molecule has 0 radical (unpaired) electrons. The Kier molecular flexibility index (Phi) is 7.07. The lowest BCUT2D eigenvalue weighted by Crippen LogP contribution is -2.10. The van der Waals surface area contributed by atoms with Gasteiger partial charge in [-0.05, 0) is 49.1 Å². The smallest absolute Gasteiger partial charge is 0.349 e. The third kappa shape index (κ3) is 4.85. The number of hydrogen-bond donors (Lipinski definition) is 0. The van der Waals surface area contributed by atoms with E-state index in [1.54, 1.807) is 6.92 Å². The minimum Gasteiger partial charge on any atom is -0.462 e. The van der Waals surface area contributed by atoms with Crippen LogP contribution in [0.4, 0.5) is 0 Å². The van der Waals surface area contributed by atoms with E-state index in [-0.39, 0.29) is 12.2 Å². The van der Waals surface area contributed by atoms with Crippen molar-refractivity contribution in [1.29, 1.82) is 5.26 Å². The molecule has 0 aliphatic heterocycles. The number of carbonyl (C=O) groups excluding carboxylic acids is 1. The van der Waals surface area contributed by atoms with Gasteiger partial charge in [-0.1, -0.05) is 61.5 Å². The zero-order valence-electron chi connectivity index (χ0n) is 20.5. The molecule has 4 rings (SSSR count). The number of pyridine rings is 1. The van der Waals surface area contributed by atoms with Gasteiger partial charge in [0.15, 0.2) is 5.65 Å². The first-order chi connectivity index (χ1) is 17.0. The molecule has 6 heteroatoms. The number of aromatic nitrogens is 3. The highest BCUT2D eigenvalue weighted by molar-refractivity contribution is 6.05. The molecule has 2 aromatic carbocycles. The number of nitriles is 1. The fourth-order valence-electron chi connectivity index (χ4n) is 4.31. The van der Waals surface area contributed by atoms with Gasteiger partial charge in [-0.25, -0.2) is 14.8 Å². The Labute approximate surface area is 205 Å². The van der Waals surface area contributed by atoms with Crippen LogP contribution in [0.15, 0.2) is 66.2 Å². The van der Waals surface area contributed by atoms with E-state index in [1.165, 1.54) is 0 Å². The SMILES string of the molecule is CCOC(=O)/C(C#N)=C(/c1ccccc1)c1ccc(Cn2c(CC)nc3c(C)cc(C)nc32)cc1. The van der Waals surface area contributed by atoms with Crippen molar-refractivity contribution in [2.75, 3.05) is 6.61 Å². The normalized spacial score (nSPS) is 11.7. The highest BCUT2D eigenvalue weighted by Crippen LogP contribution is 2.28. The molecule has 0 saturated carbocycles. The topological polar surface area (TPSA) is 80.8 Å². The third-order valence-corrected chi connectivity index (χ3v) is 5.90. The molecule has 0 fully saturated rings. The molecule has 0 aliphatic carbocycles. The van der Waals surface area contributed by atoms with Gasteiger partial charge in [-0.3, -0.25) is 0 Å². The van der Waals surface area contributed by atoms with Crippen molar-refractivity contribution in [2.45, 2.75) is 40.7 Å². The number of aryl methyl sites for hydroxylation is 3. The van der Waals surface area contributed by atoms with E-state index in [4.69, 9.17) is 14.7 Å². The van der Waals surface area contributed by atoms with Crippen molar-refractivity contribution >= 4 is 22.7 Å². The van der Waals surface area contributed by atoms with E-state index >= 15 is 0 Å². The second-order valence-electron chi connectivity index (χ2n) is 8.37. The minimum absolute atomic E-state index is 0.00479. The van der Waals surface area contributed by atoms with E-state index in [0.717, 1.165) is 51.4 Å². The first kappa shape index (κ1) is 23.9. The average Bonchev–Trinajstić information content (AvgIpc) is 3.21. The van der Waals surface area contributed by atoms with Crippen molar-refractivity contribution in [2.24, 2.45) is 0 Å². The summed E-state index contributed by atoms with van der Waals surface area (Å²) in [5.41, 5.74) is 7.11. The number of fused-ring (bicyclic) bond motifs is 1. The van der Waals surface area contributed by atoms with E-state index in [9.17, 15) is 10.1 Å². The van der Waals surface area contributed by atoms with Gasteiger partial charge in [-0.15, -0.1) is 0 Å². The molecule has 35 heavy (non-hydrogen) atoms. The maximum Gasteiger partial charge on any atom is 0.349 e. The first-order valence-electron chi connectivity index (χ1n) is 11.8. The maximum absolute atomic E-state index is 12.6. The molecule has 0 atom stereocenters. The van der Waals surface area contributed by atoms with Crippen LogP contribution >= 0.6 is 0 Å². The highest BCUT2D eigenvalue weighted by Gasteiger charge is 2.20. The van der Waals surface area contributed by atoms with Crippen LogP contribution in [0.25, 0.3) is 16.7 Å². The lowest BCUT2D eigenvalue weighted by Gasteiger charge is -2.13. The van der Waals surface area contributed by atoms with Crippen LogP contribution in [0.3, 0.4) is 0 Å². The second-order valence-corrected chi connectivity index (χ2v) is 8.37. The number of ether oxygens (including phenoxy) is 1. The number of hydrogen-bond acceptors (Lipinski definition) is 5. The predicted octanol–water partition coefficient (Wildman–Crippen LogP) is 5.55. The molecule has 2 heterocycles. The van der Waals surface area contributed by atoms with Crippen molar-refractivity contribution in [3.05, 3.63) is 100 Å². The Morgan fingerprint density at radius 3 is 2.31 bits per heavy atom. The van der Waals surface area contributed by atoms with Crippen molar-refractivity contribution in [3.8, 4) is 6.07 Å². The Morgan fingerprint density at radius 2 is 1.69 bits per heavy atom. The van der Waals surface area contributed by atoms with Gasteiger partial charge in [0, 0.05) is 17.7 Å². The van der Waals surface area contributed by atoms with E-state index < -0.39 is 5.97 Å². The molecule has 0 N–H and O–H groups in total. The van der Waals surface area contributed by atoms with Crippen molar-refractivity contribution in [1.82, 2.24) is 14.5 Å². The molecule has 4 aromatic rings. The average molecular weight is 465 g/mol. The van der Waals surface area contributed by atoms with Crippen LogP contribution in [0.1, 0.15) is 47.6 Å². The maximum atomic E-state index is 12.6. The summed E-state index contributed by atoms with van der Waals surface area (Å²) in [6, 6.07) is 21.5. The number of imidazole rings is 1. The molecule has 6 nitrogen and oxygen atoms in total. The number of nitrogens with zero attached hydrogens (tertiary/aromatic N) is 4. The summed E-state index contributed by atoms with van der Waals surface area (Å²) in [7, 11) is 0. The fourth-order valence-corrected chi connectivity index (χ4v) is 4.31. The quantitative estimate of drug-likeness (QED) is 0.204. The van der Waals surface area contributed by atoms with Gasteiger partial charge in [0.25, 0.3) is 0 Å². The summed E-state index contributed by atoms with van der Waals surface area (Å²) in [5, 5.41) is 9.82. The molecule has 0 amide bonds. The number of esters is 1. The highest BCUT2D eigenvalue weighted by atomic mass is 16.5. The first-order valence-corrected chi connectivity index (χ1v) is 11.8. The summed E-state index contributed by atoms with van der Waals surface area (Å²) in [6.45, 7) is 8.72. The number of rotatable bonds is 7. The summed E-state index contributed by atoms with van der Waals surface area (Å²) in [4.78, 5) is 22.2. The van der Waals surface area contributed by atoms with Crippen LogP contribution in [0.5, 0.6) is 0 Å². The molecule has 0 saturated heterocycles. The third-order valence-electron chi connectivity index (χ3n) is 5.90. The van der Waals surface area contributed by atoms with Gasteiger partial charge in [0.05, 0.1) is 13.2 Å². The number of benzene rings is 2. The van der Waals surface area contributed by atoms with Crippen molar-refractivity contribution in [3.63, 3.8) is 0 Å². The Balaban J connectivity index is 1.76. The molecule has 0 unspecified atom stereocenters. The van der Waals surface area contributed by atoms with Gasteiger partial charge in [0.2, 0.25) is 0 Å². The molecule has 176 valence electrons. The van der Waals surface area contributed by atoms with E-state index in [1.807, 2.05) is 61.5 Å². The van der Waals surface area contributed by atoms with Crippen LogP contribution in [0, 0.1) is 25.2 Å². The van der Waals surface area contributed by atoms with Crippen LogP contribution in [-0.2, 0) is 22.5 Å². The second kappa shape index (κ2) is 10.4. The van der Waals surface area contributed by atoms with Gasteiger partial charge in [-0.2, -0.15) is 5.26 Å². The van der Waals surface area contributed by atoms with E-state index in [2.05, 4.69) is 30.6 Å². The zero-order chi connectivity index (χ0) is 24.9. The Morgan fingerprint density at radius 1 is 1.00 bits per heavy atom. The molecular weight excluding hydrogens is 436 g/mol. The Hall–Kier alpha value is -4.24. The van der Waals surface area contributed by atoms with E-state index in [0.29, 0.717) is 12.1 Å². The lowest BCUT2D eigenvalue weighted by molar-refractivity contribution is -0.137. The summed E-state index contributed by atoms with van der Waals surface area (Å²) < 4.78 is 7.33. The summed E-state index contributed by atoms with van der Waals surface area (Å²) >= 11 is 0. The standard InChI is InChI=1S/C29H28N4O2/c1-5-25-32-27-19(3)16-20(4)31-28(27)33(25)18-21-12-14-23(15-13-21)26(22-10-8-7-9-11-22)24(17-30)29(34)35-6-2/h7-16H,5-6,18H2,1-4H3/b26-24-. The van der Waals surface area contributed by atoms with Crippen LogP contribution in [-0.4, -0.2) is 27.1 Å². The monoisotopic (exact) mass is 464 g/mol. The fraction of sp³-hybridized carbons (Fsp3) is 0.241. The molecule has 0 bridgehead atoms. The molecule has 0 aliphatic rings. The van der Waals surface area contributed by atoms with Gasteiger partial charge < -0.3 is 9.30 Å². The summed E-state index contributed by atoms with van der Waals surface area (Å²) in [6.07, 6.45) is 0.804. The lowest BCUT2D eigenvalue weighted by atomic mass is 9.92. The predicted molar refractivity (Wildman–Crippen MR) is 137 cm³/mol. The minimum atomic E-state index is -0.618. The largest absolute Gasteiger partial charge is 0.462 e. The van der Waals surface area contributed by atoms with Gasteiger partial charge >= 0.3 is 5.97 Å². The molecule has 2 aromatic heterocycles. The zero-order valence-corrected chi connectivity index (χ0v) is 20.5. The van der Waals surface area contributed by atoms with Crippen LogP contribution < -0.4 is 0 Å². The Bertz CT molecular complexity index is 1440. The summed E-state index contributed by atoms with van der Waals surface area (Å²) in [5.74, 6) is 0.372. The van der Waals surface area contributed by atoms with Crippen LogP contribution in [0.2, 0.25) is 0 Å². The van der Waals surface area contributed by atoms with Crippen molar-refractivity contribution < 1.29 is 9.53 Å². The molecule has 0 spiro atoms. The molecular formula is C29H28N4O2. The number of carbonyl (C=O) groups is 1. The van der Waals surface area contributed by atoms with Gasteiger partial charge in [0.1, 0.15) is 23.0 Å².